The Morgan fingerprint density at radius 1 is 0.583 bits per heavy atom. The van der Waals surface area contributed by atoms with E-state index < -0.39 is 0 Å². The Bertz CT molecular complexity index is 858. The van der Waals surface area contributed by atoms with Crippen molar-refractivity contribution in [2.75, 3.05) is 52.4 Å². The summed E-state index contributed by atoms with van der Waals surface area (Å²) in [5.74, 6) is 0. The first-order valence-corrected chi connectivity index (χ1v) is 12.9. The predicted molar refractivity (Wildman–Crippen MR) is 147 cm³/mol. The molecule has 0 aliphatic heterocycles. The molecule has 0 amide bonds. The van der Waals surface area contributed by atoms with Crippen LogP contribution >= 0.6 is 0 Å². The van der Waals surface area contributed by atoms with Crippen molar-refractivity contribution in [2.24, 2.45) is 11.5 Å². The second kappa shape index (κ2) is 16.9. The lowest BCUT2D eigenvalue weighted by Gasteiger charge is -2.23. The smallest absolute Gasteiger partial charge is 0.0541 e. The fourth-order valence-corrected chi connectivity index (χ4v) is 4.08. The molecule has 2 aromatic heterocycles. The van der Waals surface area contributed by atoms with Gasteiger partial charge in [0.1, 0.15) is 0 Å². The minimum Gasteiger partial charge on any atom is -0.329 e. The molecule has 2 heterocycles. The molecule has 0 bridgehead atoms. The number of aromatic nitrogens is 2. The number of pyridine rings is 2. The first kappa shape index (κ1) is 27.9. The van der Waals surface area contributed by atoms with Crippen molar-refractivity contribution < 1.29 is 0 Å². The van der Waals surface area contributed by atoms with Crippen LogP contribution in [-0.2, 0) is 26.2 Å². The maximum atomic E-state index is 5.87. The molecule has 0 fully saturated rings. The zero-order valence-corrected chi connectivity index (χ0v) is 21.4. The van der Waals surface area contributed by atoms with E-state index in [1.165, 1.54) is 11.1 Å². The van der Waals surface area contributed by atoms with Crippen molar-refractivity contribution in [2.45, 2.75) is 26.2 Å². The van der Waals surface area contributed by atoms with Crippen molar-refractivity contribution in [3.05, 3.63) is 95.6 Å². The molecule has 1 aromatic carbocycles. The fraction of sp³-hybridized carbons (Fsp3) is 0.429. The Hall–Kier alpha value is -2.72. The van der Waals surface area contributed by atoms with E-state index in [2.05, 4.69) is 54.7 Å². The third-order valence-corrected chi connectivity index (χ3v) is 6.00. The lowest BCUT2D eigenvalue weighted by Crippen LogP contribution is -2.35. The summed E-state index contributed by atoms with van der Waals surface area (Å²) in [4.78, 5) is 13.5. The van der Waals surface area contributed by atoms with Crippen LogP contribution in [0.15, 0.2) is 73.1 Å². The maximum Gasteiger partial charge on any atom is 0.0541 e. The van der Waals surface area contributed by atoms with E-state index in [0.717, 1.165) is 76.8 Å². The summed E-state index contributed by atoms with van der Waals surface area (Å²) in [5, 5.41) is 6.96. The molecular formula is C28H42N8. The molecule has 0 unspecified atom stereocenters. The van der Waals surface area contributed by atoms with Gasteiger partial charge < -0.3 is 22.1 Å². The molecule has 0 spiro atoms. The van der Waals surface area contributed by atoms with Gasteiger partial charge in [-0.25, -0.2) is 0 Å². The molecule has 36 heavy (non-hydrogen) atoms. The zero-order valence-electron chi connectivity index (χ0n) is 21.4. The zero-order chi connectivity index (χ0) is 25.3. The summed E-state index contributed by atoms with van der Waals surface area (Å²) >= 11 is 0. The molecule has 0 aliphatic rings. The maximum absolute atomic E-state index is 5.87. The number of rotatable bonds is 18. The topological polar surface area (TPSA) is 108 Å². The van der Waals surface area contributed by atoms with Gasteiger partial charge in [-0.3, -0.25) is 19.8 Å². The highest BCUT2D eigenvalue weighted by Crippen LogP contribution is 2.10. The molecule has 6 N–H and O–H groups in total. The molecule has 8 heteroatoms. The summed E-state index contributed by atoms with van der Waals surface area (Å²) < 4.78 is 0. The van der Waals surface area contributed by atoms with E-state index in [1.807, 2.05) is 48.8 Å². The van der Waals surface area contributed by atoms with E-state index in [9.17, 15) is 0 Å². The number of hydrogen-bond donors (Lipinski definition) is 4. The van der Waals surface area contributed by atoms with Gasteiger partial charge in [0.25, 0.3) is 0 Å². The Morgan fingerprint density at radius 2 is 1.03 bits per heavy atom. The number of benzene rings is 1. The number of hydrogen-bond acceptors (Lipinski definition) is 8. The molecular weight excluding hydrogens is 448 g/mol. The van der Waals surface area contributed by atoms with Gasteiger partial charge in [-0.1, -0.05) is 36.4 Å². The molecule has 0 radical (unpaired) electrons. The lowest BCUT2D eigenvalue weighted by molar-refractivity contribution is 0.269. The average Bonchev–Trinajstić information content (AvgIpc) is 2.91. The lowest BCUT2D eigenvalue weighted by atomic mass is 10.1. The minimum atomic E-state index is 0.654. The van der Waals surface area contributed by atoms with Gasteiger partial charge in [0, 0.05) is 90.9 Å². The van der Waals surface area contributed by atoms with Gasteiger partial charge in [-0.05, 0) is 35.4 Å². The fourth-order valence-electron chi connectivity index (χ4n) is 4.08. The molecule has 0 aliphatic carbocycles. The Morgan fingerprint density at radius 3 is 1.39 bits per heavy atom. The predicted octanol–water partition coefficient (Wildman–Crippen LogP) is 1.58. The van der Waals surface area contributed by atoms with Crippen molar-refractivity contribution in [1.82, 2.24) is 30.4 Å². The first-order chi connectivity index (χ1) is 17.8. The van der Waals surface area contributed by atoms with Crippen LogP contribution in [-0.4, -0.2) is 72.1 Å². The number of nitrogens with two attached hydrogens (primary N) is 2. The average molecular weight is 491 g/mol. The Kier molecular flexibility index (Phi) is 13.0. The van der Waals surface area contributed by atoms with E-state index in [0.29, 0.717) is 13.1 Å². The van der Waals surface area contributed by atoms with Crippen LogP contribution in [0.3, 0.4) is 0 Å². The van der Waals surface area contributed by atoms with Gasteiger partial charge in [0.15, 0.2) is 0 Å². The molecule has 3 aromatic rings. The Labute approximate surface area is 216 Å². The highest BCUT2D eigenvalue weighted by Gasteiger charge is 2.08. The van der Waals surface area contributed by atoms with Gasteiger partial charge in [-0.15, -0.1) is 0 Å². The van der Waals surface area contributed by atoms with Crippen molar-refractivity contribution in [3.63, 3.8) is 0 Å². The Balaban J connectivity index is 1.40. The van der Waals surface area contributed by atoms with E-state index in [-0.39, 0.29) is 0 Å². The third-order valence-electron chi connectivity index (χ3n) is 6.00. The molecule has 0 saturated carbocycles. The monoisotopic (exact) mass is 490 g/mol. The van der Waals surface area contributed by atoms with Gasteiger partial charge in [-0.2, -0.15) is 0 Å². The molecule has 194 valence electrons. The van der Waals surface area contributed by atoms with E-state index in [4.69, 9.17) is 11.5 Å². The van der Waals surface area contributed by atoms with Gasteiger partial charge in [0.05, 0.1) is 11.4 Å². The largest absolute Gasteiger partial charge is 0.329 e. The van der Waals surface area contributed by atoms with Crippen molar-refractivity contribution in [1.29, 1.82) is 0 Å². The second-order valence-electron chi connectivity index (χ2n) is 8.94. The van der Waals surface area contributed by atoms with Crippen molar-refractivity contribution >= 4 is 0 Å². The van der Waals surface area contributed by atoms with Crippen LogP contribution in [0.4, 0.5) is 0 Å². The summed E-state index contributed by atoms with van der Waals surface area (Å²) in [6.07, 6.45) is 3.66. The van der Waals surface area contributed by atoms with E-state index >= 15 is 0 Å². The number of nitrogens with zero attached hydrogens (tertiary/aromatic N) is 4. The quantitative estimate of drug-likeness (QED) is 0.199. The van der Waals surface area contributed by atoms with Crippen molar-refractivity contribution in [3.8, 4) is 0 Å². The van der Waals surface area contributed by atoms with Crippen LogP contribution in [0.2, 0.25) is 0 Å². The molecule has 0 saturated heterocycles. The van der Waals surface area contributed by atoms with Crippen LogP contribution < -0.4 is 22.1 Å². The summed E-state index contributed by atoms with van der Waals surface area (Å²) in [7, 11) is 0. The number of nitrogens with one attached hydrogen (secondary N) is 2. The van der Waals surface area contributed by atoms with E-state index in [1.54, 1.807) is 0 Å². The van der Waals surface area contributed by atoms with Crippen LogP contribution in [0.25, 0.3) is 0 Å². The highest BCUT2D eigenvalue weighted by molar-refractivity contribution is 5.22. The summed E-state index contributed by atoms with van der Waals surface area (Å²) in [6, 6.07) is 20.9. The third kappa shape index (κ3) is 10.9. The normalized spacial score (nSPS) is 11.4. The molecule has 0 atom stereocenters. The van der Waals surface area contributed by atoms with Crippen LogP contribution in [0, 0.1) is 0 Å². The van der Waals surface area contributed by atoms with Crippen LogP contribution in [0.1, 0.15) is 22.5 Å². The van der Waals surface area contributed by atoms with Crippen LogP contribution in [0.5, 0.6) is 0 Å². The molecule has 8 nitrogen and oxygen atoms in total. The summed E-state index contributed by atoms with van der Waals surface area (Å²) in [6.45, 7) is 10.1. The molecule has 3 rings (SSSR count). The highest BCUT2D eigenvalue weighted by atomic mass is 15.1. The van der Waals surface area contributed by atoms with Gasteiger partial charge in [0.2, 0.25) is 0 Å². The standard InChI is InChI=1S/C28H42N8/c29-11-17-35(19-15-31-21-27-5-1-3-13-33-27)23-25-7-9-26(10-8-25)24-36(18-12-30)20-16-32-22-28-6-2-4-14-34-28/h1-10,13-14,31-32H,11-12,15-24,29-30H2. The first-order valence-electron chi connectivity index (χ1n) is 12.9. The summed E-state index contributed by atoms with van der Waals surface area (Å²) in [5.41, 5.74) is 16.5. The SMILES string of the molecule is NCCN(CCNCc1ccccn1)Cc1ccc(CN(CCN)CCNCc2ccccn2)cc1. The second-order valence-corrected chi connectivity index (χ2v) is 8.94. The minimum absolute atomic E-state index is 0.654. The van der Waals surface area contributed by atoms with Gasteiger partial charge >= 0.3 is 0 Å².